The fourth-order valence-corrected chi connectivity index (χ4v) is 4.51. The van der Waals surface area contributed by atoms with Gasteiger partial charge in [-0.1, -0.05) is 19.0 Å². The van der Waals surface area contributed by atoms with E-state index < -0.39 is 37.5 Å². The van der Waals surface area contributed by atoms with Crippen molar-refractivity contribution in [3.63, 3.8) is 0 Å². The molecule has 2 amide bonds. The summed E-state index contributed by atoms with van der Waals surface area (Å²) in [4.78, 5) is 39.4. The topological polar surface area (TPSA) is 156 Å². The van der Waals surface area contributed by atoms with E-state index in [9.17, 15) is 24.2 Å². The molecule has 36 heavy (non-hydrogen) atoms. The fraction of sp³-hybridized carbons (Fsp3) is 0.870. The number of amides is 2. The van der Waals surface area contributed by atoms with Crippen molar-refractivity contribution in [2.24, 2.45) is 10.6 Å². The third-order valence-corrected chi connectivity index (χ3v) is 6.50. The lowest BCUT2D eigenvalue weighted by Crippen LogP contribution is -2.46. The summed E-state index contributed by atoms with van der Waals surface area (Å²) in [6.45, 7) is 15.7. The first-order valence-electron chi connectivity index (χ1n) is 11.9. The normalized spacial score (nSPS) is 15.7. The van der Waals surface area contributed by atoms with Crippen LogP contribution in [0.2, 0.25) is 0 Å². The zero-order valence-corrected chi connectivity index (χ0v) is 24.9. The second-order valence-electron chi connectivity index (χ2n) is 11.1. The lowest BCUT2D eigenvalue weighted by molar-refractivity contribution is -0.137. The Morgan fingerprint density at radius 1 is 0.972 bits per heavy atom. The van der Waals surface area contributed by atoms with Crippen LogP contribution in [0.3, 0.4) is 0 Å². The molecule has 0 rings (SSSR count). The monoisotopic (exact) mass is 555 g/mol. The minimum atomic E-state index is -4.36. The highest BCUT2D eigenvalue weighted by Gasteiger charge is 2.38. The van der Waals surface area contributed by atoms with Crippen LogP contribution in [-0.4, -0.2) is 76.0 Å². The highest BCUT2D eigenvalue weighted by atomic mass is 32.2. The SMILES string of the molecule is C/C(CCSCCNC(=O)CCNC(=O)C(O)C(C)(C)COP(=O)(O)OC(C)(C)C)=N\OC(C)(C)C. The third kappa shape index (κ3) is 18.1. The van der Waals surface area contributed by atoms with Gasteiger partial charge < -0.3 is 25.5 Å². The lowest BCUT2D eigenvalue weighted by Gasteiger charge is -2.31. The van der Waals surface area contributed by atoms with Gasteiger partial charge in [0.15, 0.2) is 0 Å². The summed E-state index contributed by atoms with van der Waals surface area (Å²) in [5.41, 5.74) is -1.48. The standard InChI is InChI=1S/C23H46N3O8PS/c1-17(26-33-21(2,3)4)11-14-36-15-13-24-18(27)10-12-25-20(29)19(28)23(8,9)16-32-35(30,31)34-22(5,6)7/h19,28H,10-16H2,1-9H3,(H,24,27)(H,25,29)(H,30,31)/b26-17+. The Morgan fingerprint density at radius 3 is 2.14 bits per heavy atom. The summed E-state index contributed by atoms with van der Waals surface area (Å²) < 4.78 is 22.0. The van der Waals surface area contributed by atoms with Crippen molar-refractivity contribution >= 4 is 37.1 Å². The highest BCUT2D eigenvalue weighted by Crippen LogP contribution is 2.48. The molecule has 0 spiro atoms. The second-order valence-corrected chi connectivity index (χ2v) is 13.7. The summed E-state index contributed by atoms with van der Waals surface area (Å²) >= 11 is 1.69. The molecule has 0 radical (unpaired) electrons. The van der Waals surface area contributed by atoms with Gasteiger partial charge in [0, 0.05) is 30.7 Å². The molecule has 0 saturated heterocycles. The maximum absolute atomic E-state index is 12.3. The number of nitrogens with zero attached hydrogens (tertiary/aromatic N) is 1. The largest absolute Gasteiger partial charge is 0.472 e. The molecule has 0 aromatic carbocycles. The van der Waals surface area contributed by atoms with Crippen molar-refractivity contribution in [2.45, 2.75) is 92.5 Å². The van der Waals surface area contributed by atoms with Crippen LogP contribution in [0.25, 0.3) is 0 Å². The van der Waals surface area contributed by atoms with E-state index in [-0.39, 0.29) is 24.5 Å². The molecule has 0 saturated carbocycles. The van der Waals surface area contributed by atoms with Crippen LogP contribution in [-0.2, 0) is 28.0 Å². The van der Waals surface area contributed by atoms with Gasteiger partial charge in [-0.3, -0.25) is 18.6 Å². The molecule has 4 N–H and O–H groups in total. The van der Waals surface area contributed by atoms with Crippen molar-refractivity contribution < 1.29 is 38.0 Å². The molecule has 0 aromatic heterocycles. The van der Waals surface area contributed by atoms with E-state index in [2.05, 4.69) is 15.8 Å². The predicted molar refractivity (Wildman–Crippen MR) is 143 cm³/mol. The summed E-state index contributed by atoms with van der Waals surface area (Å²) in [7, 11) is -4.36. The Balaban J connectivity index is 4.18. The molecule has 0 bridgehead atoms. The number of carbonyl (C=O) groups is 2. The van der Waals surface area contributed by atoms with E-state index in [0.29, 0.717) is 6.54 Å². The summed E-state index contributed by atoms with van der Waals surface area (Å²) in [6.07, 6.45) is -0.669. The average Bonchev–Trinajstić information content (AvgIpc) is 2.70. The van der Waals surface area contributed by atoms with Crippen molar-refractivity contribution in [3.05, 3.63) is 0 Å². The van der Waals surface area contributed by atoms with Gasteiger partial charge in [0.2, 0.25) is 11.8 Å². The molecule has 2 atom stereocenters. The smallest absolute Gasteiger partial charge is 0.390 e. The average molecular weight is 556 g/mol. The van der Waals surface area contributed by atoms with Crippen molar-refractivity contribution in [1.82, 2.24) is 10.6 Å². The van der Waals surface area contributed by atoms with Crippen molar-refractivity contribution in [1.29, 1.82) is 0 Å². The first-order valence-corrected chi connectivity index (χ1v) is 14.6. The number of phosphoric ester groups is 1. The third-order valence-electron chi connectivity index (χ3n) is 4.28. The Hall–Kier alpha value is -1.17. The van der Waals surface area contributed by atoms with Crippen LogP contribution in [0.5, 0.6) is 0 Å². The summed E-state index contributed by atoms with van der Waals surface area (Å²) in [5.74, 6) is 0.681. The Bertz CT molecular complexity index is 778. The minimum Gasteiger partial charge on any atom is -0.390 e. The molecule has 13 heteroatoms. The number of oxime groups is 1. The Morgan fingerprint density at radius 2 is 1.58 bits per heavy atom. The number of aliphatic hydroxyl groups excluding tert-OH is 1. The lowest BCUT2D eigenvalue weighted by atomic mass is 9.87. The summed E-state index contributed by atoms with van der Waals surface area (Å²) in [5, 5.41) is 19.7. The number of hydrogen-bond donors (Lipinski definition) is 4. The molecule has 0 aromatic rings. The first-order chi connectivity index (χ1) is 16.2. The zero-order chi connectivity index (χ0) is 28.2. The van der Waals surface area contributed by atoms with Crippen LogP contribution in [0.4, 0.5) is 0 Å². The number of rotatable bonds is 16. The van der Waals surface area contributed by atoms with Gasteiger partial charge in [0.25, 0.3) is 0 Å². The fourth-order valence-electron chi connectivity index (χ4n) is 2.38. The molecular weight excluding hydrogens is 509 g/mol. The van der Waals surface area contributed by atoms with Crippen LogP contribution in [0.1, 0.15) is 75.2 Å². The molecule has 0 heterocycles. The quantitative estimate of drug-likeness (QED) is 0.0972. The van der Waals surface area contributed by atoms with E-state index in [1.54, 1.807) is 32.5 Å². The summed E-state index contributed by atoms with van der Waals surface area (Å²) in [6, 6.07) is 0. The van der Waals surface area contributed by atoms with Gasteiger partial charge in [0.1, 0.15) is 11.7 Å². The van der Waals surface area contributed by atoms with Gasteiger partial charge in [-0.2, -0.15) is 11.8 Å². The van der Waals surface area contributed by atoms with E-state index in [4.69, 9.17) is 13.9 Å². The molecule has 11 nitrogen and oxygen atoms in total. The maximum atomic E-state index is 12.3. The molecular formula is C23H46N3O8PS. The molecule has 0 aliphatic heterocycles. The Kier molecular flexibility index (Phi) is 14.8. The zero-order valence-electron chi connectivity index (χ0n) is 23.2. The molecule has 0 aliphatic carbocycles. The van der Waals surface area contributed by atoms with Crippen LogP contribution >= 0.6 is 19.6 Å². The van der Waals surface area contributed by atoms with E-state index in [0.717, 1.165) is 23.6 Å². The number of phosphoric acid groups is 1. The molecule has 0 fully saturated rings. The number of hydrogen-bond acceptors (Lipinski definition) is 9. The van der Waals surface area contributed by atoms with Gasteiger partial charge in [0.05, 0.1) is 17.9 Å². The first kappa shape index (κ1) is 34.8. The van der Waals surface area contributed by atoms with Gasteiger partial charge in [-0.05, 0) is 60.6 Å². The number of nitrogens with one attached hydrogen (secondary N) is 2. The molecule has 212 valence electrons. The highest BCUT2D eigenvalue weighted by molar-refractivity contribution is 7.99. The van der Waals surface area contributed by atoms with E-state index >= 15 is 0 Å². The van der Waals surface area contributed by atoms with Crippen molar-refractivity contribution in [3.8, 4) is 0 Å². The minimum absolute atomic E-state index is 0.0425. The molecule has 2 unspecified atom stereocenters. The van der Waals surface area contributed by atoms with Gasteiger partial charge >= 0.3 is 7.82 Å². The van der Waals surface area contributed by atoms with Crippen molar-refractivity contribution in [2.75, 3.05) is 31.2 Å². The van der Waals surface area contributed by atoms with Crippen LogP contribution in [0, 0.1) is 5.41 Å². The van der Waals surface area contributed by atoms with Gasteiger partial charge in [-0.25, -0.2) is 4.57 Å². The number of aliphatic hydroxyl groups is 1. The Labute approximate surface area is 220 Å². The van der Waals surface area contributed by atoms with E-state index in [1.807, 2.05) is 27.7 Å². The van der Waals surface area contributed by atoms with E-state index in [1.165, 1.54) is 13.8 Å². The predicted octanol–water partition coefficient (Wildman–Crippen LogP) is 3.24. The number of thioether (sulfide) groups is 1. The van der Waals surface area contributed by atoms with Gasteiger partial charge in [-0.15, -0.1) is 0 Å². The van der Waals surface area contributed by atoms with Crippen LogP contribution in [0.15, 0.2) is 5.16 Å². The maximum Gasteiger partial charge on any atom is 0.472 e. The molecule has 0 aliphatic rings. The number of carbonyl (C=O) groups excluding carboxylic acids is 2. The van der Waals surface area contributed by atoms with Crippen LogP contribution < -0.4 is 10.6 Å². The second kappa shape index (κ2) is 15.3.